The summed E-state index contributed by atoms with van der Waals surface area (Å²) in [5, 5.41) is 8.91. The molecule has 3 nitrogen and oxygen atoms in total. The van der Waals surface area contributed by atoms with Crippen molar-refractivity contribution < 1.29 is 22.7 Å². The van der Waals surface area contributed by atoms with Crippen LogP contribution in [-0.4, -0.2) is 12.6 Å². The third kappa shape index (κ3) is 3.73. The van der Waals surface area contributed by atoms with Gasteiger partial charge in [0.2, 0.25) is 0 Å². The van der Waals surface area contributed by atoms with Gasteiger partial charge in [-0.15, -0.1) is 0 Å². The molecule has 0 fully saturated rings. The fourth-order valence-corrected chi connectivity index (χ4v) is 2.27. The van der Waals surface area contributed by atoms with Gasteiger partial charge >= 0.3 is 12.1 Å². The molecule has 0 atom stereocenters. The molecule has 0 bridgehead atoms. The minimum absolute atomic E-state index is 0.0178. The van der Waals surface area contributed by atoms with Crippen LogP contribution in [-0.2, 0) is 27.5 Å². The normalized spacial score (nSPS) is 11.0. The molecule has 0 saturated carbocycles. The predicted octanol–water partition coefficient (Wildman–Crippen LogP) is 3.58. The average molecular weight is 350 g/mol. The zero-order valence-electron chi connectivity index (χ0n) is 10.6. The average Bonchev–Trinajstić information content (AvgIpc) is 2.36. The number of hydrogen-bond donors (Lipinski definition) is 0. The number of halogens is 4. The molecule has 1 aromatic rings. The van der Waals surface area contributed by atoms with Gasteiger partial charge in [-0.25, -0.2) is 0 Å². The highest BCUT2D eigenvalue weighted by Crippen LogP contribution is 2.37. The summed E-state index contributed by atoms with van der Waals surface area (Å²) in [6.07, 6.45) is -5.22. The van der Waals surface area contributed by atoms with Crippen molar-refractivity contribution in [2.75, 3.05) is 6.61 Å². The summed E-state index contributed by atoms with van der Waals surface area (Å²) < 4.78 is 44.2. The molecular formula is C13H11BrF3NO2. The van der Waals surface area contributed by atoms with Gasteiger partial charge < -0.3 is 4.74 Å². The van der Waals surface area contributed by atoms with Crippen molar-refractivity contribution in [3.05, 3.63) is 34.4 Å². The highest BCUT2D eigenvalue weighted by atomic mass is 79.9. The lowest BCUT2D eigenvalue weighted by Gasteiger charge is -2.17. The maximum Gasteiger partial charge on any atom is 0.417 e. The zero-order valence-corrected chi connectivity index (χ0v) is 12.1. The summed E-state index contributed by atoms with van der Waals surface area (Å²) in [6.45, 7) is 1.63. The van der Waals surface area contributed by atoms with Crippen LogP contribution in [0.15, 0.2) is 12.1 Å². The summed E-state index contributed by atoms with van der Waals surface area (Å²) in [4.78, 5) is 11.4. The Balaban J connectivity index is 3.44. The molecule has 0 amide bonds. The van der Waals surface area contributed by atoms with E-state index in [0.717, 1.165) is 0 Å². The monoisotopic (exact) mass is 349 g/mol. The second-order valence-corrected chi connectivity index (χ2v) is 4.41. The van der Waals surface area contributed by atoms with Crippen molar-refractivity contribution in [2.24, 2.45) is 0 Å². The number of benzene rings is 1. The van der Waals surface area contributed by atoms with Crippen LogP contribution >= 0.6 is 15.9 Å². The first-order chi connectivity index (χ1) is 9.35. The number of ether oxygens (including phenoxy) is 1. The number of carbonyl (C=O) groups excluding carboxylic acids is 1. The lowest BCUT2D eigenvalue weighted by atomic mass is 9.94. The van der Waals surface area contributed by atoms with Crippen molar-refractivity contribution in [2.45, 2.75) is 24.9 Å². The number of alkyl halides is 4. The number of carbonyl (C=O) groups is 1. The second-order valence-electron chi connectivity index (χ2n) is 3.85. The molecule has 7 heteroatoms. The van der Waals surface area contributed by atoms with Crippen molar-refractivity contribution in [1.29, 1.82) is 5.26 Å². The van der Waals surface area contributed by atoms with Crippen LogP contribution in [0.3, 0.4) is 0 Å². The molecule has 108 valence electrons. The van der Waals surface area contributed by atoms with Crippen LogP contribution in [0.1, 0.15) is 29.2 Å². The van der Waals surface area contributed by atoms with Crippen molar-refractivity contribution in [1.82, 2.24) is 0 Å². The van der Waals surface area contributed by atoms with Crippen LogP contribution in [0.2, 0.25) is 0 Å². The van der Waals surface area contributed by atoms with Gasteiger partial charge in [-0.3, -0.25) is 4.79 Å². The topological polar surface area (TPSA) is 50.1 Å². The molecule has 0 heterocycles. The first kappa shape index (κ1) is 16.5. The molecule has 0 aliphatic carbocycles. The summed E-state index contributed by atoms with van der Waals surface area (Å²) in [6, 6.07) is 4.19. The van der Waals surface area contributed by atoms with Gasteiger partial charge in [-0.1, -0.05) is 22.0 Å². The van der Waals surface area contributed by atoms with Crippen molar-refractivity contribution in [3.63, 3.8) is 0 Å². The third-order valence-corrected chi connectivity index (χ3v) is 3.18. The molecule has 0 N–H and O–H groups in total. The third-order valence-electron chi connectivity index (χ3n) is 2.57. The van der Waals surface area contributed by atoms with Gasteiger partial charge in [0, 0.05) is 5.33 Å². The summed E-state index contributed by atoms with van der Waals surface area (Å²) >= 11 is 2.98. The zero-order chi connectivity index (χ0) is 15.3. The van der Waals surface area contributed by atoms with E-state index in [1.807, 2.05) is 0 Å². The molecule has 1 aromatic carbocycles. The summed E-state index contributed by atoms with van der Waals surface area (Å²) in [7, 11) is 0. The largest absolute Gasteiger partial charge is 0.466 e. The molecule has 1 rings (SSSR count). The van der Waals surface area contributed by atoms with Crippen LogP contribution in [0.4, 0.5) is 13.2 Å². The quantitative estimate of drug-likeness (QED) is 0.616. The predicted molar refractivity (Wildman–Crippen MR) is 69.1 cm³/mol. The maximum atomic E-state index is 13.2. The van der Waals surface area contributed by atoms with Crippen LogP contribution in [0.25, 0.3) is 0 Å². The van der Waals surface area contributed by atoms with Gasteiger partial charge in [-0.05, 0) is 24.1 Å². The van der Waals surface area contributed by atoms with E-state index in [-0.39, 0.29) is 28.6 Å². The lowest BCUT2D eigenvalue weighted by molar-refractivity contribution is -0.143. The summed E-state index contributed by atoms with van der Waals surface area (Å²) in [5.41, 5.74) is -1.47. The molecule has 0 aliphatic heterocycles. The first-order valence-electron chi connectivity index (χ1n) is 5.68. The highest BCUT2D eigenvalue weighted by Gasteiger charge is 2.37. The number of hydrogen-bond acceptors (Lipinski definition) is 3. The molecule has 0 unspecified atom stereocenters. The summed E-state index contributed by atoms with van der Waals surface area (Å²) in [5.74, 6) is -0.791. The van der Waals surface area contributed by atoms with Crippen LogP contribution < -0.4 is 0 Å². The van der Waals surface area contributed by atoms with Gasteiger partial charge in [-0.2, -0.15) is 18.4 Å². The first-order valence-corrected chi connectivity index (χ1v) is 6.80. The van der Waals surface area contributed by atoms with E-state index in [0.29, 0.717) is 0 Å². The Morgan fingerprint density at radius 1 is 1.45 bits per heavy atom. The minimum atomic E-state index is -4.64. The van der Waals surface area contributed by atoms with E-state index < -0.39 is 24.1 Å². The Kier molecular flexibility index (Phi) is 5.57. The Labute approximate surface area is 122 Å². The van der Waals surface area contributed by atoms with E-state index in [4.69, 9.17) is 5.26 Å². The Morgan fingerprint density at radius 3 is 2.55 bits per heavy atom. The Bertz CT molecular complexity index is 550. The number of rotatable bonds is 4. The van der Waals surface area contributed by atoms with Crippen LogP contribution in [0.5, 0.6) is 0 Å². The lowest BCUT2D eigenvalue weighted by Crippen LogP contribution is -2.18. The fraction of sp³-hybridized carbons (Fsp3) is 0.385. The molecular weight excluding hydrogens is 339 g/mol. The van der Waals surface area contributed by atoms with Gasteiger partial charge in [0.05, 0.1) is 30.2 Å². The van der Waals surface area contributed by atoms with Crippen molar-refractivity contribution in [3.8, 4) is 6.07 Å². The number of nitriles is 1. The maximum absolute atomic E-state index is 13.2. The molecule has 20 heavy (non-hydrogen) atoms. The molecule has 0 aromatic heterocycles. The number of esters is 1. The highest BCUT2D eigenvalue weighted by molar-refractivity contribution is 9.08. The van der Waals surface area contributed by atoms with Gasteiger partial charge in [0.1, 0.15) is 0 Å². The van der Waals surface area contributed by atoms with E-state index in [1.54, 1.807) is 13.0 Å². The standard InChI is InChI=1S/C13H11BrF3NO2/c1-2-20-11(19)5-10-9(7-18)4-3-8(6-14)12(10)13(15,16)17/h3-4H,2,5-6H2,1H3. The van der Waals surface area contributed by atoms with Crippen molar-refractivity contribution >= 4 is 21.9 Å². The van der Waals surface area contributed by atoms with E-state index >= 15 is 0 Å². The Morgan fingerprint density at radius 2 is 2.10 bits per heavy atom. The minimum Gasteiger partial charge on any atom is -0.466 e. The fourth-order valence-electron chi connectivity index (χ4n) is 1.81. The molecule has 0 radical (unpaired) electrons. The van der Waals surface area contributed by atoms with E-state index in [9.17, 15) is 18.0 Å². The van der Waals surface area contributed by atoms with E-state index in [1.165, 1.54) is 12.1 Å². The molecule has 0 saturated heterocycles. The number of nitrogens with zero attached hydrogens (tertiary/aromatic N) is 1. The van der Waals surface area contributed by atoms with Crippen LogP contribution in [0, 0.1) is 11.3 Å². The molecule has 0 spiro atoms. The Hall–Kier alpha value is -1.55. The van der Waals surface area contributed by atoms with E-state index in [2.05, 4.69) is 20.7 Å². The van der Waals surface area contributed by atoms with Gasteiger partial charge in [0.25, 0.3) is 0 Å². The van der Waals surface area contributed by atoms with Gasteiger partial charge in [0.15, 0.2) is 0 Å². The SMILES string of the molecule is CCOC(=O)Cc1c(C#N)ccc(CBr)c1C(F)(F)F. The second kappa shape index (κ2) is 6.75. The molecule has 0 aliphatic rings. The smallest absolute Gasteiger partial charge is 0.417 e.